The van der Waals surface area contributed by atoms with Crippen LogP contribution >= 0.6 is 0 Å². The predicted molar refractivity (Wildman–Crippen MR) is 81.2 cm³/mol. The Kier molecular flexibility index (Phi) is 7.18. The number of carboxylic acid groups (broad SMARTS) is 1. The number of carboxylic acids is 1. The molecule has 0 aromatic carbocycles. The van der Waals surface area contributed by atoms with Crippen LogP contribution in [0, 0.1) is 11.8 Å². The first-order chi connectivity index (χ1) is 10.9. The first kappa shape index (κ1) is 18.6. The summed E-state index contributed by atoms with van der Waals surface area (Å²) in [5, 5.41) is 7.60. The number of nitrogens with zero attached hydrogens (tertiary/aromatic N) is 1. The number of likely N-dealkylation sites (tertiary alicyclic amines) is 1. The second-order valence-corrected chi connectivity index (χ2v) is 5.24. The molecule has 2 amide bonds. The molecule has 1 aliphatic carbocycles. The molecule has 0 bridgehead atoms. The van der Waals surface area contributed by atoms with Crippen LogP contribution in [0.2, 0.25) is 0 Å². The lowest BCUT2D eigenvalue weighted by Crippen LogP contribution is -2.34. The molecule has 2 aliphatic rings. The molecule has 1 heterocycles. The molecule has 1 N–H and O–H groups in total. The summed E-state index contributed by atoms with van der Waals surface area (Å²) in [5.74, 6) is -1.99. The highest BCUT2D eigenvalue weighted by molar-refractivity contribution is 6.05. The molecule has 2 fully saturated rings. The van der Waals surface area contributed by atoms with E-state index in [1.54, 1.807) is 0 Å². The highest BCUT2D eigenvalue weighted by atomic mass is 16.5. The standard InChI is InChI=1S/C13H17NO4.C3H4O2/c1-2-11(15)18-8-7-14-12(16)9-5-3-4-6-10(9)13(14)17;1-2-3(4)5/h2,9-10H,1,3-8H2;2H,1H2,(H,4,5). The van der Waals surface area contributed by atoms with Gasteiger partial charge in [0.05, 0.1) is 18.4 Å². The number of hydrogen-bond donors (Lipinski definition) is 1. The fourth-order valence-corrected chi connectivity index (χ4v) is 2.75. The maximum atomic E-state index is 12.0. The Morgan fingerprint density at radius 2 is 1.61 bits per heavy atom. The molecule has 0 aromatic heterocycles. The molecule has 7 heteroatoms. The van der Waals surface area contributed by atoms with Crippen LogP contribution in [0.5, 0.6) is 0 Å². The topological polar surface area (TPSA) is 101 Å². The van der Waals surface area contributed by atoms with Crippen molar-refractivity contribution < 1.29 is 29.0 Å². The molecule has 1 aliphatic heterocycles. The first-order valence-corrected chi connectivity index (χ1v) is 7.42. The number of carbonyl (C=O) groups excluding carboxylic acids is 3. The summed E-state index contributed by atoms with van der Waals surface area (Å²) in [6.45, 7) is 6.44. The van der Waals surface area contributed by atoms with Crippen molar-refractivity contribution >= 4 is 23.8 Å². The van der Waals surface area contributed by atoms with Crippen molar-refractivity contribution in [2.45, 2.75) is 25.7 Å². The van der Waals surface area contributed by atoms with E-state index < -0.39 is 11.9 Å². The summed E-state index contributed by atoms with van der Waals surface area (Å²) in [5.41, 5.74) is 0. The van der Waals surface area contributed by atoms with Crippen LogP contribution in [0.3, 0.4) is 0 Å². The maximum Gasteiger partial charge on any atom is 0.330 e. The minimum absolute atomic E-state index is 0.0434. The molecule has 2 rings (SSSR count). The minimum atomic E-state index is -0.981. The van der Waals surface area contributed by atoms with E-state index in [2.05, 4.69) is 13.2 Å². The summed E-state index contributed by atoms with van der Waals surface area (Å²) in [6.07, 6.45) is 5.53. The molecule has 7 nitrogen and oxygen atoms in total. The van der Waals surface area contributed by atoms with Crippen molar-refractivity contribution in [1.29, 1.82) is 0 Å². The Morgan fingerprint density at radius 1 is 1.13 bits per heavy atom. The van der Waals surface area contributed by atoms with Crippen molar-refractivity contribution in [3.8, 4) is 0 Å². The van der Waals surface area contributed by atoms with E-state index in [9.17, 15) is 19.2 Å². The lowest BCUT2D eigenvalue weighted by molar-refractivity contribution is -0.145. The largest absolute Gasteiger partial charge is 0.478 e. The van der Waals surface area contributed by atoms with Gasteiger partial charge in [0, 0.05) is 12.2 Å². The van der Waals surface area contributed by atoms with Crippen LogP contribution in [-0.4, -0.2) is 46.9 Å². The van der Waals surface area contributed by atoms with Gasteiger partial charge in [-0.25, -0.2) is 9.59 Å². The Labute approximate surface area is 134 Å². The molecule has 1 saturated heterocycles. The lowest BCUT2D eigenvalue weighted by atomic mass is 9.81. The fraction of sp³-hybridized carbons (Fsp3) is 0.500. The smallest absolute Gasteiger partial charge is 0.330 e. The third-order valence-electron chi connectivity index (χ3n) is 3.83. The zero-order chi connectivity index (χ0) is 17.4. The number of ether oxygens (including phenoxy) is 1. The first-order valence-electron chi connectivity index (χ1n) is 7.42. The summed E-state index contributed by atoms with van der Waals surface area (Å²) in [4.78, 5) is 45.4. The molecule has 126 valence electrons. The van der Waals surface area contributed by atoms with E-state index >= 15 is 0 Å². The zero-order valence-corrected chi connectivity index (χ0v) is 12.9. The number of carbonyl (C=O) groups is 4. The van der Waals surface area contributed by atoms with Gasteiger partial charge < -0.3 is 9.84 Å². The van der Waals surface area contributed by atoms with Crippen molar-refractivity contribution in [1.82, 2.24) is 4.90 Å². The summed E-state index contributed by atoms with van der Waals surface area (Å²) in [6, 6.07) is 0. The van der Waals surface area contributed by atoms with Crippen molar-refractivity contribution in [3.63, 3.8) is 0 Å². The average Bonchev–Trinajstić information content (AvgIpc) is 2.80. The van der Waals surface area contributed by atoms with Gasteiger partial charge in [-0.15, -0.1) is 0 Å². The number of esters is 1. The third-order valence-corrected chi connectivity index (χ3v) is 3.83. The lowest BCUT2D eigenvalue weighted by Gasteiger charge is -2.19. The highest BCUT2D eigenvalue weighted by Gasteiger charge is 2.47. The second-order valence-electron chi connectivity index (χ2n) is 5.24. The minimum Gasteiger partial charge on any atom is -0.478 e. The van der Waals surface area contributed by atoms with Gasteiger partial charge in [-0.2, -0.15) is 0 Å². The Balaban J connectivity index is 0.000000463. The zero-order valence-electron chi connectivity index (χ0n) is 12.9. The van der Waals surface area contributed by atoms with Crippen molar-refractivity contribution in [3.05, 3.63) is 25.3 Å². The SMILES string of the molecule is C=CC(=O)O.C=CC(=O)OCCN1C(=O)C2CCCCC2C1=O. The van der Waals surface area contributed by atoms with E-state index in [1.165, 1.54) is 4.90 Å². The molecule has 1 saturated carbocycles. The normalized spacial score (nSPS) is 22.5. The molecule has 23 heavy (non-hydrogen) atoms. The number of aliphatic carboxylic acids is 1. The van der Waals surface area contributed by atoms with Crippen molar-refractivity contribution in [2.24, 2.45) is 11.8 Å². The Bertz CT molecular complexity index is 489. The van der Waals surface area contributed by atoms with Gasteiger partial charge in [0.1, 0.15) is 6.61 Å². The second kappa shape index (κ2) is 8.87. The molecule has 2 atom stereocenters. The summed E-state index contributed by atoms with van der Waals surface area (Å²) < 4.78 is 4.80. The number of hydrogen-bond acceptors (Lipinski definition) is 5. The van der Waals surface area contributed by atoms with Gasteiger partial charge in [-0.05, 0) is 12.8 Å². The number of rotatable bonds is 5. The molecular formula is C16H21NO6. The van der Waals surface area contributed by atoms with E-state index in [4.69, 9.17) is 9.84 Å². The molecule has 0 aromatic rings. The Hall–Kier alpha value is -2.44. The average molecular weight is 323 g/mol. The maximum absolute atomic E-state index is 12.0. The van der Waals surface area contributed by atoms with Gasteiger partial charge in [-0.1, -0.05) is 26.0 Å². The summed E-state index contributed by atoms with van der Waals surface area (Å²) >= 11 is 0. The summed E-state index contributed by atoms with van der Waals surface area (Å²) in [7, 11) is 0. The van der Waals surface area contributed by atoms with E-state index in [0.29, 0.717) is 0 Å². The van der Waals surface area contributed by atoms with Gasteiger partial charge in [0.25, 0.3) is 0 Å². The third kappa shape index (κ3) is 5.05. The van der Waals surface area contributed by atoms with Gasteiger partial charge in [0.15, 0.2) is 0 Å². The number of imide groups is 1. The van der Waals surface area contributed by atoms with Crippen LogP contribution in [0.4, 0.5) is 0 Å². The monoisotopic (exact) mass is 323 g/mol. The highest BCUT2D eigenvalue weighted by Crippen LogP contribution is 2.37. The van der Waals surface area contributed by atoms with Crippen LogP contribution in [-0.2, 0) is 23.9 Å². The molecule has 0 spiro atoms. The van der Waals surface area contributed by atoms with Crippen LogP contribution < -0.4 is 0 Å². The molecule has 0 radical (unpaired) electrons. The molecule has 2 unspecified atom stereocenters. The van der Waals surface area contributed by atoms with Crippen LogP contribution in [0.25, 0.3) is 0 Å². The van der Waals surface area contributed by atoms with Gasteiger partial charge >= 0.3 is 11.9 Å². The van der Waals surface area contributed by atoms with Gasteiger partial charge in [0.2, 0.25) is 11.8 Å². The fourth-order valence-electron chi connectivity index (χ4n) is 2.75. The van der Waals surface area contributed by atoms with E-state index in [-0.39, 0.29) is 36.8 Å². The van der Waals surface area contributed by atoms with E-state index in [0.717, 1.165) is 37.8 Å². The van der Waals surface area contributed by atoms with Crippen LogP contribution in [0.1, 0.15) is 25.7 Å². The van der Waals surface area contributed by atoms with Crippen molar-refractivity contribution in [2.75, 3.05) is 13.2 Å². The predicted octanol–water partition coefficient (Wildman–Crippen LogP) is 1.15. The van der Waals surface area contributed by atoms with Crippen LogP contribution in [0.15, 0.2) is 25.3 Å². The van der Waals surface area contributed by atoms with E-state index in [1.807, 2.05) is 0 Å². The molecular weight excluding hydrogens is 302 g/mol. The van der Waals surface area contributed by atoms with Gasteiger partial charge in [-0.3, -0.25) is 14.5 Å². The number of fused-ring (bicyclic) bond motifs is 1. The quantitative estimate of drug-likeness (QED) is 0.463. The number of amides is 2. The Morgan fingerprint density at radius 3 is 2.00 bits per heavy atom.